The second-order valence-corrected chi connectivity index (χ2v) is 5.50. The van der Waals surface area contributed by atoms with Gasteiger partial charge >= 0.3 is 0 Å². The normalized spacial score (nSPS) is 10.4. The molecule has 26 heavy (non-hydrogen) atoms. The molecule has 0 spiro atoms. The highest BCUT2D eigenvalue weighted by molar-refractivity contribution is 5.92. The first-order valence-electron chi connectivity index (χ1n) is 8.15. The van der Waals surface area contributed by atoms with E-state index in [-0.39, 0.29) is 12.5 Å². The molecule has 0 aliphatic carbocycles. The molecule has 1 N–H and O–H groups in total. The molecule has 0 saturated heterocycles. The van der Waals surface area contributed by atoms with Crippen LogP contribution in [-0.4, -0.2) is 39.3 Å². The Labute approximate surface area is 150 Å². The number of amides is 1. The van der Waals surface area contributed by atoms with Crippen LogP contribution in [0.25, 0.3) is 5.69 Å². The largest absolute Gasteiger partial charge is 0.494 e. The summed E-state index contributed by atoms with van der Waals surface area (Å²) in [7, 11) is 0. The van der Waals surface area contributed by atoms with Gasteiger partial charge in [-0.2, -0.15) is 0 Å². The fraction of sp³-hybridized carbons (Fsp3) is 0.222. The van der Waals surface area contributed by atoms with Crippen molar-refractivity contribution in [1.29, 1.82) is 0 Å². The van der Waals surface area contributed by atoms with Crippen molar-refractivity contribution in [2.24, 2.45) is 0 Å². The van der Waals surface area contributed by atoms with E-state index in [4.69, 9.17) is 9.47 Å². The summed E-state index contributed by atoms with van der Waals surface area (Å²) in [6.45, 7) is 4.37. The average Bonchev–Trinajstić information content (AvgIpc) is 3.17. The molecular formula is C18H19N5O3. The lowest BCUT2D eigenvalue weighted by atomic mass is 10.2. The Bertz CT molecular complexity index is 863. The molecule has 0 unspecified atom stereocenters. The quantitative estimate of drug-likeness (QED) is 0.701. The molecule has 0 aliphatic rings. The van der Waals surface area contributed by atoms with Crippen LogP contribution in [0.3, 0.4) is 0 Å². The Balaban J connectivity index is 1.59. The molecule has 0 bridgehead atoms. The molecule has 3 rings (SSSR count). The van der Waals surface area contributed by atoms with E-state index in [0.717, 1.165) is 17.0 Å². The van der Waals surface area contributed by atoms with Crippen molar-refractivity contribution in [3.05, 3.63) is 54.4 Å². The number of carbonyl (C=O) groups excluding carboxylic acids is 1. The molecule has 0 aliphatic heterocycles. The van der Waals surface area contributed by atoms with Crippen LogP contribution in [0.4, 0.5) is 5.69 Å². The van der Waals surface area contributed by atoms with E-state index in [1.165, 1.54) is 6.33 Å². The molecule has 3 aromatic rings. The highest BCUT2D eigenvalue weighted by Gasteiger charge is 2.08. The van der Waals surface area contributed by atoms with Gasteiger partial charge in [-0.1, -0.05) is 6.07 Å². The zero-order valence-electron chi connectivity index (χ0n) is 14.5. The second-order valence-electron chi connectivity index (χ2n) is 5.50. The maximum atomic E-state index is 12.1. The van der Waals surface area contributed by atoms with Crippen LogP contribution in [0.15, 0.2) is 48.8 Å². The van der Waals surface area contributed by atoms with Crippen LogP contribution in [-0.2, 0) is 4.79 Å². The SMILES string of the molecule is CCOc1ccc(OCC(=O)Nc2ccc(C)c(-n3cnnn3)c2)cc1. The number of benzene rings is 2. The highest BCUT2D eigenvalue weighted by Crippen LogP contribution is 2.19. The molecule has 0 radical (unpaired) electrons. The summed E-state index contributed by atoms with van der Waals surface area (Å²) in [5.41, 5.74) is 2.42. The number of ether oxygens (including phenoxy) is 2. The average molecular weight is 353 g/mol. The maximum Gasteiger partial charge on any atom is 0.262 e. The number of anilines is 1. The molecule has 0 fully saturated rings. The Hall–Kier alpha value is -3.42. The molecule has 1 amide bonds. The van der Waals surface area contributed by atoms with Crippen LogP contribution in [0.2, 0.25) is 0 Å². The Morgan fingerprint density at radius 2 is 1.85 bits per heavy atom. The third-order valence-electron chi connectivity index (χ3n) is 3.59. The molecule has 0 atom stereocenters. The van der Waals surface area contributed by atoms with Crippen molar-refractivity contribution >= 4 is 11.6 Å². The van der Waals surface area contributed by atoms with Crippen molar-refractivity contribution < 1.29 is 14.3 Å². The minimum Gasteiger partial charge on any atom is -0.494 e. The number of nitrogens with one attached hydrogen (secondary N) is 1. The molecule has 0 saturated carbocycles. The number of tetrazole rings is 1. The summed E-state index contributed by atoms with van der Waals surface area (Å²) in [5.74, 6) is 1.10. The van der Waals surface area contributed by atoms with E-state index >= 15 is 0 Å². The lowest BCUT2D eigenvalue weighted by Crippen LogP contribution is -2.20. The van der Waals surface area contributed by atoms with E-state index in [9.17, 15) is 4.79 Å². The van der Waals surface area contributed by atoms with Gasteiger partial charge in [0, 0.05) is 5.69 Å². The maximum absolute atomic E-state index is 12.1. The van der Waals surface area contributed by atoms with Crippen molar-refractivity contribution in [3.8, 4) is 17.2 Å². The summed E-state index contributed by atoms with van der Waals surface area (Å²) >= 11 is 0. The van der Waals surface area contributed by atoms with Gasteiger partial charge in [0.15, 0.2) is 6.61 Å². The topological polar surface area (TPSA) is 91.2 Å². The van der Waals surface area contributed by atoms with E-state index in [2.05, 4.69) is 20.8 Å². The van der Waals surface area contributed by atoms with Crippen molar-refractivity contribution in [3.63, 3.8) is 0 Å². The number of nitrogens with zero attached hydrogens (tertiary/aromatic N) is 4. The summed E-state index contributed by atoms with van der Waals surface area (Å²) in [5, 5.41) is 13.9. The van der Waals surface area contributed by atoms with Gasteiger partial charge in [-0.25, -0.2) is 4.68 Å². The Morgan fingerprint density at radius 3 is 2.50 bits per heavy atom. The van der Waals surface area contributed by atoms with E-state index in [1.807, 2.05) is 26.0 Å². The molecular weight excluding hydrogens is 334 g/mol. The number of carbonyl (C=O) groups is 1. The number of rotatable bonds is 7. The third-order valence-corrected chi connectivity index (χ3v) is 3.59. The van der Waals surface area contributed by atoms with E-state index < -0.39 is 0 Å². The summed E-state index contributed by atoms with van der Waals surface area (Å²) < 4.78 is 12.4. The summed E-state index contributed by atoms with van der Waals surface area (Å²) in [6.07, 6.45) is 1.50. The van der Waals surface area contributed by atoms with Gasteiger partial charge in [-0.15, -0.1) is 5.10 Å². The zero-order valence-corrected chi connectivity index (χ0v) is 14.5. The van der Waals surface area contributed by atoms with Crippen LogP contribution < -0.4 is 14.8 Å². The van der Waals surface area contributed by atoms with Gasteiger partial charge in [0.2, 0.25) is 0 Å². The van der Waals surface area contributed by atoms with Crippen LogP contribution >= 0.6 is 0 Å². The van der Waals surface area contributed by atoms with Crippen LogP contribution in [0.1, 0.15) is 12.5 Å². The first-order chi connectivity index (χ1) is 12.7. The van der Waals surface area contributed by atoms with Gasteiger partial charge in [0.05, 0.1) is 12.3 Å². The van der Waals surface area contributed by atoms with Gasteiger partial charge in [0.25, 0.3) is 5.91 Å². The lowest BCUT2D eigenvalue weighted by molar-refractivity contribution is -0.118. The number of hydrogen-bond donors (Lipinski definition) is 1. The third kappa shape index (κ3) is 4.35. The Morgan fingerprint density at radius 1 is 1.12 bits per heavy atom. The fourth-order valence-corrected chi connectivity index (χ4v) is 2.35. The van der Waals surface area contributed by atoms with Crippen molar-refractivity contribution in [2.75, 3.05) is 18.5 Å². The molecule has 1 heterocycles. The van der Waals surface area contributed by atoms with Crippen LogP contribution in [0.5, 0.6) is 11.5 Å². The molecule has 134 valence electrons. The first kappa shape index (κ1) is 17.4. The summed E-state index contributed by atoms with van der Waals surface area (Å²) in [4.78, 5) is 12.1. The van der Waals surface area contributed by atoms with Gasteiger partial charge in [-0.3, -0.25) is 4.79 Å². The number of aromatic nitrogens is 4. The van der Waals surface area contributed by atoms with Crippen LogP contribution in [0, 0.1) is 6.92 Å². The number of hydrogen-bond acceptors (Lipinski definition) is 6. The lowest BCUT2D eigenvalue weighted by Gasteiger charge is -2.10. The smallest absolute Gasteiger partial charge is 0.262 e. The van der Waals surface area contributed by atoms with Gasteiger partial charge in [-0.05, 0) is 66.2 Å². The molecule has 2 aromatic carbocycles. The Kier molecular flexibility index (Phi) is 5.43. The molecule has 8 nitrogen and oxygen atoms in total. The monoisotopic (exact) mass is 353 g/mol. The predicted molar refractivity (Wildman–Crippen MR) is 95.6 cm³/mol. The standard InChI is InChI=1S/C18H19N5O3/c1-3-25-15-6-8-16(9-7-15)26-11-18(24)20-14-5-4-13(2)17(10-14)23-12-19-21-22-23/h4-10,12H,3,11H2,1-2H3,(H,20,24). The highest BCUT2D eigenvalue weighted by atomic mass is 16.5. The van der Waals surface area contributed by atoms with Crippen molar-refractivity contribution in [1.82, 2.24) is 20.2 Å². The fourth-order valence-electron chi connectivity index (χ4n) is 2.35. The molecule has 1 aromatic heterocycles. The predicted octanol–water partition coefficient (Wildman–Crippen LogP) is 2.39. The van der Waals surface area contributed by atoms with E-state index in [0.29, 0.717) is 18.0 Å². The van der Waals surface area contributed by atoms with Crippen molar-refractivity contribution in [2.45, 2.75) is 13.8 Å². The second kappa shape index (κ2) is 8.11. The summed E-state index contributed by atoms with van der Waals surface area (Å²) in [6, 6.07) is 12.6. The molecule has 8 heteroatoms. The number of aryl methyl sites for hydroxylation is 1. The minimum absolute atomic E-state index is 0.0952. The van der Waals surface area contributed by atoms with Gasteiger partial charge < -0.3 is 14.8 Å². The zero-order chi connectivity index (χ0) is 18.4. The van der Waals surface area contributed by atoms with E-state index in [1.54, 1.807) is 35.0 Å². The van der Waals surface area contributed by atoms with Gasteiger partial charge in [0.1, 0.15) is 17.8 Å². The first-order valence-corrected chi connectivity index (χ1v) is 8.15. The minimum atomic E-state index is -0.259.